The molecule has 0 bridgehead atoms. The molecule has 180 valence electrons. The smallest absolute Gasteiger partial charge is 0.227 e. The van der Waals surface area contributed by atoms with Gasteiger partial charge in [0.05, 0.1) is 19.3 Å². The van der Waals surface area contributed by atoms with Crippen LogP contribution < -0.4 is 19.7 Å². The summed E-state index contributed by atoms with van der Waals surface area (Å²) in [6, 6.07) is 10.2. The zero-order chi connectivity index (χ0) is 22.7. The van der Waals surface area contributed by atoms with E-state index in [1.54, 1.807) is 20.3 Å². The second kappa shape index (κ2) is 10.7. The maximum absolute atomic E-state index is 14.9. The monoisotopic (exact) mass is 480 g/mol. The third-order valence-electron chi connectivity index (χ3n) is 6.28. The van der Waals surface area contributed by atoms with E-state index in [2.05, 4.69) is 5.32 Å². The first-order valence-corrected chi connectivity index (χ1v) is 10.8. The molecular weight excluding hydrogens is 451 g/mol. The fraction of sp³-hybridized carbons (Fsp3) is 0.458. The molecule has 0 saturated carbocycles. The van der Waals surface area contributed by atoms with Gasteiger partial charge in [-0.25, -0.2) is 4.39 Å². The number of fused-ring (bicyclic) bond motifs is 1. The number of carbonyl (C=O) groups is 1. The molecule has 2 aromatic rings. The number of ether oxygens (including phenoxy) is 3. The topological polar surface area (TPSA) is 80.3 Å². The van der Waals surface area contributed by atoms with Crippen LogP contribution in [0.25, 0.3) is 0 Å². The van der Waals surface area contributed by atoms with Crippen molar-refractivity contribution in [2.24, 2.45) is 0 Å². The van der Waals surface area contributed by atoms with Crippen LogP contribution in [-0.4, -0.2) is 56.6 Å². The SMILES string of the molecule is COc1ccc(CN2C(=O)CCc3c(OCC4(O)CCNCC4OC)ccc(F)c32)cc1.Cl. The quantitative estimate of drug-likeness (QED) is 0.634. The van der Waals surface area contributed by atoms with Crippen molar-refractivity contribution in [2.75, 3.05) is 38.8 Å². The van der Waals surface area contributed by atoms with Gasteiger partial charge in [0.25, 0.3) is 0 Å². The standard InChI is InChI=1S/C24H29FN2O5.ClH/c1-30-17-5-3-16(4-6-17)14-27-22(28)10-7-18-20(9-8-19(25)23(18)27)32-15-24(29)11-12-26-13-21(24)31-2;/h3-6,8-9,21,26,29H,7,10-15H2,1-2H3;1H. The summed E-state index contributed by atoms with van der Waals surface area (Å²) in [5.41, 5.74) is 0.610. The molecule has 1 fully saturated rings. The van der Waals surface area contributed by atoms with Crippen molar-refractivity contribution in [1.82, 2.24) is 5.32 Å². The molecule has 0 aliphatic carbocycles. The molecule has 9 heteroatoms. The van der Waals surface area contributed by atoms with Gasteiger partial charge in [0.2, 0.25) is 5.91 Å². The number of methoxy groups -OCH3 is 2. The summed E-state index contributed by atoms with van der Waals surface area (Å²) in [4.78, 5) is 14.2. The van der Waals surface area contributed by atoms with Crippen LogP contribution in [0.15, 0.2) is 36.4 Å². The molecular formula is C24H30ClFN2O5. The van der Waals surface area contributed by atoms with Gasteiger partial charge in [-0.1, -0.05) is 12.1 Å². The van der Waals surface area contributed by atoms with Gasteiger partial charge in [-0.3, -0.25) is 4.79 Å². The van der Waals surface area contributed by atoms with Gasteiger partial charge in [-0.2, -0.15) is 0 Å². The third-order valence-corrected chi connectivity index (χ3v) is 6.28. The molecule has 0 aromatic heterocycles. The highest BCUT2D eigenvalue weighted by atomic mass is 35.5. The Morgan fingerprint density at radius 3 is 2.64 bits per heavy atom. The molecule has 2 N–H and O–H groups in total. The van der Waals surface area contributed by atoms with E-state index in [0.717, 1.165) is 5.56 Å². The highest BCUT2D eigenvalue weighted by Gasteiger charge is 2.40. The average Bonchev–Trinajstić information content (AvgIpc) is 2.81. The number of hydrogen-bond acceptors (Lipinski definition) is 6. The second-order valence-corrected chi connectivity index (χ2v) is 8.27. The lowest BCUT2D eigenvalue weighted by Crippen LogP contribution is -2.58. The molecule has 2 atom stereocenters. The summed E-state index contributed by atoms with van der Waals surface area (Å²) in [5, 5.41) is 14.2. The number of nitrogens with zero attached hydrogens (tertiary/aromatic N) is 1. The van der Waals surface area contributed by atoms with E-state index < -0.39 is 17.5 Å². The Morgan fingerprint density at radius 2 is 1.94 bits per heavy atom. The Balaban J connectivity index is 0.00000306. The summed E-state index contributed by atoms with van der Waals surface area (Å²) in [6.07, 6.45) is 0.726. The fourth-order valence-corrected chi connectivity index (χ4v) is 4.39. The zero-order valence-electron chi connectivity index (χ0n) is 18.8. The van der Waals surface area contributed by atoms with Crippen LogP contribution in [0.5, 0.6) is 11.5 Å². The van der Waals surface area contributed by atoms with Crippen LogP contribution in [-0.2, 0) is 22.5 Å². The van der Waals surface area contributed by atoms with E-state index in [-0.39, 0.29) is 43.6 Å². The van der Waals surface area contributed by atoms with Gasteiger partial charge in [-0.15, -0.1) is 12.4 Å². The number of anilines is 1. The number of aliphatic hydroxyl groups is 1. The first-order valence-electron chi connectivity index (χ1n) is 10.8. The minimum atomic E-state index is -1.14. The lowest BCUT2D eigenvalue weighted by Gasteiger charge is -2.39. The van der Waals surface area contributed by atoms with Crippen LogP contribution in [0.2, 0.25) is 0 Å². The Bertz CT molecular complexity index is 974. The predicted molar refractivity (Wildman–Crippen MR) is 125 cm³/mol. The van der Waals surface area contributed by atoms with Gasteiger partial charge in [0.15, 0.2) is 0 Å². The first-order chi connectivity index (χ1) is 15.4. The van der Waals surface area contributed by atoms with Crippen LogP contribution >= 0.6 is 12.4 Å². The Hall–Kier alpha value is -2.39. The normalized spacial score (nSPS) is 22.4. The number of carbonyl (C=O) groups excluding carboxylic acids is 1. The summed E-state index contributed by atoms with van der Waals surface area (Å²) < 4.78 is 31.6. The van der Waals surface area contributed by atoms with Crippen molar-refractivity contribution in [3.05, 3.63) is 53.3 Å². The number of amides is 1. The lowest BCUT2D eigenvalue weighted by molar-refractivity contribution is -0.128. The zero-order valence-corrected chi connectivity index (χ0v) is 19.6. The lowest BCUT2D eigenvalue weighted by atomic mass is 9.90. The maximum atomic E-state index is 14.9. The molecule has 33 heavy (non-hydrogen) atoms. The molecule has 2 aliphatic rings. The molecule has 7 nitrogen and oxygen atoms in total. The molecule has 2 unspecified atom stereocenters. The molecule has 2 heterocycles. The molecule has 1 amide bonds. The summed E-state index contributed by atoms with van der Waals surface area (Å²) in [5.74, 6) is 0.590. The van der Waals surface area contributed by atoms with Gasteiger partial charge < -0.3 is 29.5 Å². The largest absolute Gasteiger partial charge is 0.497 e. The summed E-state index contributed by atoms with van der Waals surface area (Å²) in [7, 11) is 3.15. The van der Waals surface area contributed by atoms with E-state index in [0.29, 0.717) is 43.0 Å². The minimum absolute atomic E-state index is 0. The van der Waals surface area contributed by atoms with Crippen molar-refractivity contribution < 1.29 is 28.5 Å². The number of nitrogens with one attached hydrogen (secondary N) is 1. The molecule has 2 aliphatic heterocycles. The van der Waals surface area contributed by atoms with Crippen molar-refractivity contribution in [2.45, 2.75) is 37.5 Å². The third kappa shape index (κ3) is 5.24. The van der Waals surface area contributed by atoms with Gasteiger partial charge in [0.1, 0.15) is 35.6 Å². The highest BCUT2D eigenvalue weighted by Crippen LogP contribution is 2.38. The first kappa shape index (κ1) is 25.2. The number of rotatable bonds is 7. The van der Waals surface area contributed by atoms with Crippen LogP contribution in [0.3, 0.4) is 0 Å². The number of piperidine rings is 1. The van der Waals surface area contributed by atoms with E-state index in [9.17, 15) is 14.3 Å². The fourth-order valence-electron chi connectivity index (χ4n) is 4.39. The van der Waals surface area contributed by atoms with E-state index in [1.807, 2.05) is 24.3 Å². The Morgan fingerprint density at radius 1 is 1.18 bits per heavy atom. The van der Waals surface area contributed by atoms with Crippen molar-refractivity contribution in [3.63, 3.8) is 0 Å². The Labute approximate surface area is 199 Å². The molecule has 0 spiro atoms. The van der Waals surface area contributed by atoms with Crippen LogP contribution in [0, 0.1) is 5.82 Å². The van der Waals surface area contributed by atoms with Crippen LogP contribution in [0.1, 0.15) is 24.0 Å². The van der Waals surface area contributed by atoms with E-state index in [4.69, 9.17) is 14.2 Å². The number of benzene rings is 2. The van der Waals surface area contributed by atoms with E-state index >= 15 is 0 Å². The van der Waals surface area contributed by atoms with Gasteiger partial charge in [0, 0.05) is 25.6 Å². The summed E-state index contributed by atoms with van der Waals surface area (Å²) >= 11 is 0. The summed E-state index contributed by atoms with van der Waals surface area (Å²) in [6.45, 7) is 1.46. The Kier molecular flexibility index (Phi) is 8.18. The van der Waals surface area contributed by atoms with Gasteiger partial charge >= 0.3 is 0 Å². The molecule has 2 aromatic carbocycles. The molecule has 4 rings (SSSR count). The average molecular weight is 481 g/mol. The van der Waals surface area contributed by atoms with Gasteiger partial charge in [-0.05, 0) is 49.2 Å². The predicted octanol–water partition coefficient (Wildman–Crippen LogP) is 2.85. The minimum Gasteiger partial charge on any atom is -0.497 e. The molecule has 0 radical (unpaired) electrons. The second-order valence-electron chi connectivity index (χ2n) is 8.27. The maximum Gasteiger partial charge on any atom is 0.227 e. The van der Waals surface area contributed by atoms with Crippen molar-refractivity contribution in [3.8, 4) is 11.5 Å². The van der Waals surface area contributed by atoms with Crippen LogP contribution in [0.4, 0.5) is 10.1 Å². The van der Waals surface area contributed by atoms with Crippen molar-refractivity contribution >= 4 is 24.0 Å². The van der Waals surface area contributed by atoms with E-state index in [1.165, 1.54) is 11.0 Å². The molecule has 1 saturated heterocycles. The number of hydrogen-bond donors (Lipinski definition) is 2. The number of halogens is 2. The highest BCUT2D eigenvalue weighted by molar-refractivity contribution is 5.97. The van der Waals surface area contributed by atoms with Crippen molar-refractivity contribution in [1.29, 1.82) is 0 Å².